The normalized spacial score (nSPS) is 10.4. The third-order valence-corrected chi connectivity index (χ3v) is 2.08. The number of anilines is 1. The fourth-order valence-electron chi connectivity index (χ4n) is 1.32. The Labute approximate surface area is 98.5 Å². The Morgan fingerprint density at radius 3 is 2.53 bits per heavy atom. The lowest BCUT2D eigenvalue weighted by Crippen LogP contribution is -2.15. The van der Waals surface area contributed by atoms with Crippen LogP contribution in [0.5, 0.6) is 0 Å². The van der Waals surface area contributed by atoms with Gasteiger partial charge in [0.05, 0.1) is 11.3 Å². The Morgan fingerprint density at radius 2 is 2.06 bits per heavy atom. The van der Waals surface area contributed by atoms with E-state index in [1.165, 1.54) is 12.1 Å². The van der Waals surface area contributed by atoms with Crippen LogP contribution in [0.4, 0.5) is 10.1 Å². The number of hydrogen-bond donors (Lipinski definition) is 2. The summed E-state index contributed by atoms with van der Waals surface area (Å²) >= 11 is 0. The van der Waals surface area contributed by atoms with Crippen LogP contribution >= 0.6 is 0 Å². The van der Waals surface area contributed by atoms with Gasteiger partial charge in [-0.2, -0.15) is 0 Å². The monoisotopic (exact) mass is 239 g/mol. The van der Waals surface area contributed by atoms with Gasteiger partial charge in [0, 0.05) is 6.42 Å². The first-order valence-electron chi connectivity index (χ1n) is 5.23. The van der Waals surface area contributed by atoms with Crippen molar-refractivity contribution in [2.24, 2.45) is 5.92 Å². The van der Waals surface area contributed by atoms with Gasteiger partial charge in [0.1, 0.15) is 5.82 Å². The number of nitrogens with one attached hydrogen (secondary N) is 1. The summed E-state index contributed by atoms with van der Waals surface area (Å²) in [5, 5.41) is 11.0. The molecule has 0 bridgehead atoms. The highest BCUT2D eigenvalue weighted by molar-refractivity contribution is 5.92. The van der Waals surface area contributed by atoms with Crippen molar-refractivity contribution in [1.82, 2.24) is 0 Å². The molecule has 0 aliphatic heterocycles. The molecular weight excluding hydrogens is 225 g/mol. The van der Waals surface area contributed by atoms with Crippen molar-refractivity contribution >= 4 is 17.6 Å². The Balaban J connectivity index is 2.79. The molecule has 5 heteroatoms. The molecule has 0 spiro atoms. The Morgan fingerprint density at radius 1 is 1.41 bits per heavy atom. The van der Waals surface area contributed by atoms with Crippen molar-refractivity contribution in [1.29, 1.82) is 0 Å². The van der Waals surface area contributed by atoms with Gasteiger partial charge in [-0.05, 0) is 24.1 Å². The minimum Gasteiger partial charge on any atom is -0.478 e. The molecule has 4 nitrogen and oxygen atoms in total. The third kappa shape index (κ3) is 3.86. The van der Waals surface area contributed by atoms with Gasteiger partial charge < -0.3 is 10.4 Å². The van der Waals surface area contributed by atoms with E-state index in [-0.39, 0.29) is 23.1 Å². The lowest BCUT2D eigenvalue weighted by atomic mass is 10.1. The van der Waals surface area contributed by atoms with E-state index in [0.717, 1.165) is 6.07 Å². The Hall–Kier alpha value is -1.91. The molecule has 2 N–H and O–H groups in total. The van der Waals surface area contributed by atoms with Crippen molar-refractivity contribution in [2.75, 3.05) is 5.32 Å². The maximum absolute atomic E-state index is 13.4. The van der Waals surface area contributed by atoms with Gasteiger partial charge >= 0.3 is 5.97 Å². The van der Waals surface area contributed by atoms with Gasteiger partial charge in [0.2, 0.25) is 5.91 Å². The van der Waals surface area contributed by atoms with Gasteiger partial charge in [-0.25, -0.2) is 9.18 Å². The first kappa shape index (κ1) is 13.2. The van der Waals surface area contributed by atoms with Crippen molar-refractivity contribution in [2.45, 2.75) is 20.3 Å². The number of halogens is 1. The minimum absolute atomic E-state index is 0.000602. The first-order chi connectivity index (χ1) is 7.90. The highest BCUT2D eigenvalue weighted by Gasteiger charge is 2.11. The summed E-state index contributed by atoms with van der Waals surface area (Å²) in [7, 11) is 0. The van der Waals surface area contributed by atoms with E-state index in [2.05, 4.69) is 5.32 Å². The molecule has 0 aliphatic carbocycles. The molecule has 0 atom stereocenters. The van der Waals surface area contributed by atoms with Crippen LogP contribution in [0.25, 0.3) is 0 Å². The fourth-order valence-corrected chi connectivity index (χ4v) is 1.32. The SMILES string of the molecule is CC(C)CC(=O)Nc1ccc(C(=O)O)cc1F. The molecule has 1 rings (SSSR count). The molecule has 1 aromatic carbocycles. The van der Waals surface area contributed by atoms with E-state index >= 15 is 0 Å². The summed E-state index contributed by atoms with van der Waals surface area (Å²) in [6.07, 6.45) is 0.292. The molecule has 1 aromatic rings. The zero-order valence-electron chi connectivity index (χ0n) is 9.66. The largest absolute Gasteiger partial charge is 0.478 e. The molecule has 1 amide bonds. The predicted molar refractivity (Wildman–Crippen MR) is 61.4 cm³/mol. The van der Waals surface area contributed by atoms with E-state index in [1.807, 2.05) is 13.8 Å². The van der Waals surface area contributed by atoms with Crippen LogP contribution in [0, 0.1) is 11.7 Å². The molecule has 0 aromatic heterocycles. The summed E-state index contributed by atoms with van der Waals surface area (Å²) in [6, 6.07) is 3.38. The molecule has 0 unspecified atom stereocenters. The second-order valence-electron chi connectivity index (χ2n) is 4.15. The van der Waals surface area contributed by atoms with Gasteiger partial charge in [-0.15, -0.1) is 0 Å². The van der Waals surface area contributed by atoms with Crippen molar-refractivity contribution < 1.29 is 19.1 Å². The summed E-state index contributed by atoms with van der Waals surface area (Å²) in [6.45, 7) is 3.76. The van der Waals surface area contributed by atoms with Crippen LogP contribution in [0.2, 0.25) is 0 Å². The molecule has 0 heterocycles. The number of carbonyl (C=O) groups excluding carboxylic acids is 1. The maximum atomic E-state index is 13.4. The first-order valence-corrected chi connectivity index (χ1v) is 5.23. The maximum Gasteiger partial charge on any atom is 0.335 e. The van der Waals surface area contributed by atoms with Crippen molar-refractivity contribution in [3.8, 4) is 0 Å². The standard InChI is InChI=1S/C12H14FNO3/c1-7(2)5-11(15)14-10-4-3-8(12(16)17)6-9(10)13/h3-4,6-7H,5H2,1-2H3,(H,14,15)(H,16,17). The van der Waals surface area contributed by atoms with Gasteiger partial charge in [-0.3, -0.25) is 4.79 Å². The Bertz CT molecular complexity index is 443. The van der Waals surface area contributed by atoms with E-state index in [4.69, 9.17) is 5.11 Å². The number of carboxylic acids is 1. The van der Waals surface area contributed by atoms with Crippen molar-refractivity contribution in [3.05, 3.63) is 29.6 Å². The topological polar surface area (TPSA) is 66.4 Å². The van der Waals surface area contributed by atoms with Crippen molar-refractivity contribution in [3.63, 3.8) is 0 Å². The summed E-state index contributed by atoms with van der Waals surface area (Å²) in [5.74, 6) is -2.07. The lowest BCUT2D eigenvalue weighted by Gasteiger charge is -2.08. The van der Waals surface area contributed by atoms with Crippen LogP contribution < -0.4 is 5.32 Å². The van der Waals surface area contributed by atoms with Crippen LogP contribution in [0.1, 0.15) is 30.6 Å². The molecule has 0 fully saturated rings. The van der Waals surface area contributed by atoms with Crippen LogP contribution in [-0.4, -0.2) is 17.0 Å². The van der Waals surface area contributed by atoms with Crippen LogP contribution in [0.3, 0.4) is 0 Å². The minimum atomic E-state index is -1.20. The molecule has 0 aliphatic rings. The molecular formula is C12H14FNO3. The van der Waals surface area contributed by atoms with Gasteiger partial charge in [-0.1, -0.05) is 13.8 Å². The molecule has 0 radical (unpaired) electrons. The number of aromatic carboxylic acids is 1. The average molecular weight is 239 g/mol. The van der Waals surface area contributed by atoms with E-state index in [0.29, 0.717) is 6.42 Å². The molecule has 17 heavy (non-hydrogen) atoms. The van der Waals surface area contributed by atoms with E-state index in [9.17, 15) is 14.0 Å². The summed E-state index contributed by atoms with van der Waals surface area (Å²) in [5.41, 5.74) is -0.148. The van der Waals surface area contributed by atoms with Crippen LogP contribution in [0.15, 0.2) is 18.2 Å². The summed E-state index contributed by atoms with van der Waals surface area (Å²) in [4.78, 5) is 22.0. The summed E-state index contributed by atoms with van der Waals surface area (Å²) < 4.78 is 13.4. The van der Waals surface area contributed by atoms with Crippen LogP contribution in [-0.2, 0) is 4.79 Å². The highest BCUT2D eigenvalue weighted by atomic mass is 19.1. The zero-order valence-corrected chi connectivity index (χ0v) is 9.66. The lowest BCUT2D eigenvalue weighted by molar-refractivity contribution is -0.116. The quantitative estimate of drug-likeness (QED) is 0.848. The average Bonchev–Trinajstić information content (AvgIpc) is 2.19. The van der Waals surface area contributed by atoms with Gasteiger partial charge in [0.15, 0.2) is 0 Å². The van der Waals surface area contributed by atoms with Gasteiger partial charge in [0.25, 0.3) is 0 Å². The zero-order chi connectivity index (χ0) is 13.0. The molecule has 0 saturated carbocycles. The number of carbonyl (C=O) groups is 2. The second kappa shape index (κ2) is 5.43. The fraction of sp³-hybridized carbons (Fsp3) is 0.333. The highest BCUT2D eigenvalue weighted by Crippen LogP contribution is 2.16. The molecule has 0 saturated heterocycles. The number of carboxylic acid groups (broad SMARTS) is 1. The number of hydrogen-bond acceptors (Lipinski definition) is 2. The van der Waals surface area contributed by atoms with E-state index < -0.39 is 11.8 Å². The number of amides is 1. The number of benzene rings is 1. The van der Waals surface area contributed by atoms with E-state index in [1.54, 1.807) is 0 Å². The molecule has 92 valence electrons. The number of rotatable bonds is 4. The second-order valence-corrected chi connectivity index (χ2v) is 4.15. The Kier molecular flexibility index (Phi) is 4.20. The smallest absolute Gasteiger partial charge is 0.335 e. The predicted octanol–water partition coefficient (Wildman–Crippen LogP) is 2.51. The third-order valence-electron chi connectivity index (χ3n) is 2.08.